The summed E-state index contributed by atoms with van der Waals surface area (Å²) in [6.07, 6.45) is 4.23. The maximum atomic E-state index is 13.8. The highest BCUT2D eigenvalue weighted by Crippen LogP contribution is 2.32. The molecule has 1 saturated heterocycles. The highest BCUT2D eigenvalue weighted by Gasteiger charge is 2.19. The van der Waals surface area contributed by atoms with Gasteiger partial charge in [0.1, 0.15) is 11.6 Å². The van der Waals surface area contributed by atoms with Gasteiger partial charge in [0.05, 0.1) is 11.6 Å². The van der Waals surface area contributed by atoms with Crippen LogP contribution in [0.2, 0.25) is 0 Å². The Morgan fingerprint density at radius 3 is 2.94 bits per heavy atom. The molecule has 1 aliphatic rings. The molecular weight excluding hydrogens is 285 g/mol. The Hall–Kier alpha value is -0.610. The van der Waals surface area contributed by atoms with E-state index in [1.807, 2.05) is 0 Å². The molecule has 94 valence electrons. The lowest BCUT2D eigenvalue weighted by atomic mass is 9.97. The molecule has 0 aliphatic carbocycles. The lowest BCUT2D eigenvalue weighted by Crippen LogP contribution is -2.35. The Labute approximate surface area is 110 Å². The summed E-state index contributed by atoms with van der Waals surface area (Å²) in [5.41, 5.74) is 0.668. The number of hydrogen-bond acceptors (Lipinski definition) is 2. The highest BCUT2D eigenvalue weighted by atomic mass is 79.9. The van der Waals surface area contributed by atoms with Gasteiger partial charge in [-0.05, 0) is 53.9 Å². The summed E-state index contributed by atoms with van der Waals surface area (Å²) in [5.74, 6) is 0.440. The smallest absolute Gasteiger partial charge is 0.139 e. The lowest BCUT2D eigenvalue weighted by Gasteiger charge is -2.24. The van der Waals surface area contributed by atoms with E-state index in [1.165, 1.54) is 18.9 Å². The number of benzene rings is 1. The molecule has 2 nitrogen and oxygen atoms in total. The van der Waals surface area contributed by atoms with Gasteiger partial charge < -0.3 is 10.1 Å². The van der Waals surface area contributed by atoms with Gasteiger partial charge in [-0.15, -0.1) is 0 Å². The highest BCUT2D eigenvalue weighted by molar-refractivity contribution is 9.10. The number of methoxy groups -OCH3 is 1. The van der Waals surface area contributed by atoms with Crippen molar-refractivity contribution >= 4 is 15.9 Å². The molecule has 1 aliphatic heterocycles. The van der Waals surface area contributed by atoms with E-state index in [0.717, 1.165) is 17.4 Å². The van der Waals surface area contributed by atoms with Crippen LogP contribution in [0.15, 0.2) is 16.6 Å². The summed E-state index contributed by atoms with van der Waals surface area (Å²) in [6, 6.07) is 3.54. The normalized spacial score (nSPS) is 20.3. The molecule has 17 heavy (non-hydrogen) atoms. The molecule has 0 spiro atoms. The molecule has 1 aromatic carbocycles. The largest absolute Gasteiger partial charge is 0.495 e. The minimum absolute atomic E-state index is 0.183. The van der Waals surface area contributed by atoms with Gasteiger partial charge in [0.2, 0.25) is 0 Å². The van der Waals surface area contributed by atoms with Crippen molar-refractivity contribution < 1.29 is 9.13 Å². The molecule has 0 radical (unpaired) electrons. The molecule has 1 fully saturated rings. The SMILES string of the molecule is COc1c(Br)ccc(F)c1CC1CCCCN1. The molecule has 4 heteroatoms. The second-order valence-electron chi connectivity index (χ2n) is 4.39. The van der Waals surface area contributed by atoms with Crippen molar-refractivity contribution in [1.29, 1.82) is 0 Å². The van der Waals surface area contributed by atoms with Crippen LogP contribution < -0.4 is 10.1 Å². The van der Waals surface area contributed by atoms with Crippen LogP contribution >= 0.6 is 15.9 Å². The average molecular weight is 302 g/mol. The van der Waals surface area contributed by atoms with Gasteiger partial charge >= 0.3 is 0 Å². The number of halogens is 2. The Bertz CT molecular complexity index is 391. The molecular formula is C13H17BrFNO. The van der Waals surface area contributed by atoms with E-state index in [1.54, 1.807) is 13.2 Å². The maximum absolute atomic E-state index is 13.8. The van der Waals surface area contributed by atoms with Crippen LogP contribution in [-0.4, -0.2) is 19.7 Å². The van der Waals surface area contributed by atoms with Gasteiger partial charge in [0.25, 0.3) is 0 Å². The zero-order chi connectivity index (χ0) is 12.3. The third-order valence-electron chi connectivity index (χ3n) is 3.22. The zero-order valence-electron chi connectivity index (χ0n) is 9.93. The molecule has 0 saturated carbocycles. The Kier molecular flexibility index (Phi) is 4.40. The topological polar surface area (TPSA) is 21.3 Å². The second-order valence-corrected chi connectivity index (χ2v) is 5.25. The third-order valence-corrected chi connectivity index (χ3v) is 3.85. The van der Waals surface area contributed by atoms with E-state index in [9.17, 15) is 4.39 Å². The van der Waals surface area contributed by atoms with E-state index >= 15 is 0 Å². The van der Waals surface area contributed by atoms with E-state index in [2.05, 4.69) is 21.2 Å². The molecule has 1 heterocycles. The Balaban J connectivity index is 2.21. The van der Waals surface area contributed by atoms with Crippen LogP contribution in [0.25, 0.3) is 0 Å². The quantitative estimate of drug-likeness (QED) is 0.925. The fourth-order valence-electron chi connectivity index (χ4n) is 2.33. The third kappa shape index (κ3) is 2.99. The molecule has 1 aromatic rings. The summed E-state index contributed by atoms with van der Waals surface area (Å²) in [6.45, 7) is 1.03. The first kappa shape index (κ1) is 12.8. The van der Waals surface area contributed by atoms with E-state index in [-0.39, 0.29) is 5.82 Å². The van der Waals surface area contributed by atoms with Crippen LogP contribution in [-0.2, 0) is 6.42 Å². The first-order valence-electron chi connectivity index (χ1n) is 5.96. The number of piperidine rings is 1. The zero-order valence-corrected chi connectivity index (χ0v) is 11.5. The van der Waals surface area contributed by atoms with Gasteiger partial charge in [0.15, 0.2) is 0 Å². The van der Waals surface area contributed by atoms with Crippen LogP contribution in [0.3, 0.4) is 0 Å². The van der Waals surface area contributed by atoms with Crippen LogP contribution in [0, 0.1) is 5.82 Å². The van der Waals surface area contributed by atoms with Crippen molar-refractivity contribution in [1.82, 2.24) is 5.32 Å². The monoisotopic (exact) mass is 301 g/mol. The molecule has 0 bridgehead atoms. The van der Waals surface area contributed by atoms with Gasteiger partial charge in [-0.3, -0.25) is 0 Å². The molecule has 1 unspecified atom stereocenters. The standard InChI is InChI=1S/C13H17BrFNO/c1-17-13-10(12(15)6-5-11(13)14)8-9-4-2-3-7-16-9/h5-6,9,16H,2-4,7-8H2,1H3. The predicted molar refractivity (Wildman–Crippen MR) is 70.0 cm³/mol. The summed E-state index contributed by atoms with van der Waals surface area (Å²) < 4.78 is 19.9. The first-order chi connectivity index (χ1) is 8.22. The second kappa shape index (κ2) is 5.83. The number of ether oxygens (including phenoxy) is 1. The fourth-order valence-corrected chi connectivity index (χ4v) is 2.86. The van der Waals surface area contributed by atoms with Crippen molar-refractivity contribution in [2.24, 2.45) is 0 Å². The minimum Gasteiger partial charge on any atom is -0.495 e. The fraction of sp³-hybridized carbons (Fsp3) is 0.538. The van der Waals surface area contributed by atoms with E-state index < -0.39 is 0 Å². The molecule has 1 atom stereocenters. The van der Waals surface area contributed by atoms with Crippen molar-refractivity contribution in [2.75, 3.05) is 13.7 Å². The average Bonchev–Trinajstić information content (AvgIpc) is 2.35. The van der Waals surface area contributed by atoms with Crippen molar-refractivity contribution in [3.8, 4) is 5.75 Å². The van der Waals surface area contributed by atoms with E-state index in [0.29, 0.717) is 23.8 Å². The summed E-state index contributed by atoms with van der Waals surface area (Å²) >= 11 is 3.39. The van der Waals surface area contributed by atoms with Crippen molar-refractivity contribution in [3.05, 3.63) is 28.0 Å². The molecule has 2 rings (SSSR count). The number of nitrogens with one attached hydrogen (secondary N) is 1. The molecule has 0 aromatic heterocycles. The Morgan fingerprint density at radius 2 is 2.29 bits per heavy atom. The van der Waals surface area contributed by atoms with Gasteiger partial charge in [0, 0.05) is 11.6 Å². The predicted octanol–water partition coefficient (Wildman–Crippen LogP) is 3.28. The van der Waals surface area contributed by atoms with Crippen LogP contribution in [0.1, 0.15) is 24.8 Å². The van der Waals surface area contributed by atoms with Gasteiger partial charge in [-0.1, -0.05) is 6.42 Å². The van der Waals surface area contributed by atoms with Crippen molar-refractivity contribution in [2.45, 2.75) is 31.7 Å². The molecule has 0 amide bonds. The summed E-state index contributed by atoms with van der Waals surface area (Å²) in [5, 5.41) is 3.43. The van der Waals surface area contributed by atoms with Crippen LogP contribution in [0.4, 0.5) is 4.39 Å². The number of rotatable bonds is 3. The van der Waals surface area contributed by atoms with Gasteiger partial charge in [-0.2, -0.15) is 0 Å². The maximum Gasteiger partial charge on any atom is 0.139 e. The minimum atomic E-state index is -0.183. The first-order valence-corrected chi connectivity index (χ1v) is 6.76. The van der Waals surface area contributed by atoms with Crippen LogP contribution in [0.5, 0.6) is 5.75 Å². The van der Waals surface area contributed by atoms with E-state index in [4.69, 9.17) is 4.74 Å². The lowest BCUT2D eigenvalue weighted by molar-refractivity contribution is 0.373. The number of hydrogen-bond donors (Lipinski definition) is 1. The van der Waals surface area contributed by atoms with Crippen molar-refractivity contribution in [3.63, 3.8) is 0 Å². The van der Waals surface area contributed by atoms with Gasteiger partial charge in [-0.25, -0.2) is 4.39 Å². The summed E-state index contributed by atoms with van der Waals surface area (Å²) in [4.78, 5) is 0. The Morgan fingerprint density at radius 1 is 1.47 bits per heavy atom. The molecule has 1 N–H and O–H groups in total. The summed E-state index contributed by atoms with van der Waals surface area (Å²) in [7, 11) is 1.58.